The minimum atomic E-state index is -4.54. The van der Waals surface area contributed by atoms with Gasteiger partial charge in [0.15, 0.2) is 19.7 Å². The van der Waals surface area contributed by atoms with Crippen LogP contribution >= 0.6 is 0 Å². The summed E-state index contributed by atoms with van der Waals surface area (Å²) < 4.78 is 101. The normalized spacial score (nSPS) is 17.1. The standard InChI is InChI=1S/C23H29N3O4S.C22H24F3N3O4S/c1-17-4-2-5-19(14-17)24-23(27)25-21-15-20(31(28,29)16-18-6-7-18)8-9-22(21)26-10-3-12-30-13-11-26;23-22(24,25)16-2-1-3-17(12-16)26-21(29)27-19-13-18(33(30,31)14-15-4-5-15)6-7-20(19)28-8-10-32-11-9-28/h2,4-5,8-9,14-15,18H,3,6-7,10-13,16H2,1H3,(H2,24,25,27);1-3,6-7,12-13,15H,4-5,8-11,14H2,(H2,26,27,29). The number of nitrogens with one attached hydrogen (secondary N) is 4. The molecule has 0 radical (unpaired) electrons. The molecule has 4 aromatic carbocycles. The van der Waals surface area contributed by atoms with E-state index in [1.54, 1.807) is 24.3 Å². The molecule has 0 aromatic heterocycles. The molecule has 4 fully saturated rings. The van der Waals surface area contributed by atoms with Crippen LogP contribution in [0.2, 0.25) is 0 Å². The molecule has 8 rings (SSSR count). The predicted octanol–water partition coefficient (Wildman–Crippen LogP) is 8.42. The van der Waals surface area contributed by atoms with Crippen molar-refractivity contribution in [3.63, 3.8) is 0 Å². The van der Waals surface area contributed by atoms with Gasteiger partial charge in [-0.2, -0.15) is 13.2 Å². The number of aryl methyl sites for hydroxylation is 1. The van der Waals surface area contributed by atoms with Crippen molar-refractivity contribution in [1.29, 1.82) is 0 Å². The highest BCUT2D eigenvalue weighted by Crippen LogP contribution is 2.37. The molecule has 64 heavy (non-hydrogen) atoms. The number of carbonyl (C=O) groups excluding carboxylic acids is 2. The summed E-state index contributed by atoms with van der Waals surface area (Å²) >= 11 is 0. The summed E-state index contributed by atoms with van der Waals surface area (Å²) in [6.07, 6.45) is 0.0357. The number of hydrogen-bond donors (Lipinski definition) is 4. The van der Waals surface area contributed by atoms with Gasteiger partial charge in [-0.3, -0.25) is 0 Å². The molecule has 4 N–H and O–H groups in total. The Balaban J connectivity index is 0.000000192. The second kappa shape index (κ2) is 20.2. The van der Waals surface area contributed by atoms with Gasteiger partial charge in [-0.25, -0.2) is 26.4 Å². The van der Waals surface area contributed by atoms with Crippen molar-refractivity contribution in [2.24, 2.45) is 11.8 Å². The average Bonchev–Trinajstić information content (AvgIpc) is 4.18. The number of halogens is 3. The first-order valence-electron chi connectivity index (χ1n) is 21.3. The van der Waals surface area contributed by atoms with E-state index in [0.717, 1.165) is 62.0 Å². The highest BCUT2D eigenvalue weighted by Gasteiger charge is 2.32. The zero-order chi connectivity index (χ0) is 45.5. The van der Waals surface area contributed by atoms with Gasteiger partial charge in [0.2, 0.25) is 0 Å². The van der Waals surface area contributed by atoms with Crippen LogP contribution in [0, 0.1) is 18.8 Å². The Morgan fingerprint density at radius 3 is 1.56 bits per heavy atom. The number of alkyl halides is 3. The van der Waals surface area contributed by atoms with E-state index < -0.39 is 43.5 Å². The van der Waals surface area contributed by atoms with Crippen molar-refractivity contribution >= 4 is 65.9 Å². The minimum Gasteiger partial charge on any atom is -0.380 e. The lowest BCUT2D eigenvalue weighted by molar-refractivity contribution is -0.137. The number of anilines is 6. The smallest absolute Gasteiger partial charge is 0.380 e. The Hall–Kier alpha value is -5.37. The predicted molar refractivity (Wildman–Crippen MR) is 241 cm³/mol. The maximum Gasteiger partial charge on any atom is 0.416 e. The SMILES string of the molecule is Cc1cccc(NC(=O)Nc2cc(S(=O)(=O)CC3CC3)ccc2N2CCCOCC2)c1.O=C(Nc1cccc(C(F)(F)F)c1)Nc1cc(S(=O)(=O)CC2CC2)ccc1N1CCOCC1. The Bertz CT molecular complexity index is 2520. The third-order valence-electron chi connectivity index (χ3n) is 11.1. The zero-order valence-electron chi connectivity index (χ0n) is 35.5. The fourth-order valence-electron chi connectivity index (χ4n) is 7.41. The van der Waals surface area contributed by atoms with Crippen molar-refractivity contribution in [3.05, 3.63) is 96.1 Å². The number of rotatable bonds is 12. The Morgan fingerprint density at radius 1 is 0.609 bits per heavy atom. The number of hydrogen-bond acceptors (Lipinski definition) is 10. The molecule has 2 heterocycles. The molecule has 19 heteroatoms. The highest BCUT2D eigenvalue weighted by atomic mass is 32.2. The molecular formula is C45H53F3N6O8S2. The van der Waals surface area contributed by atoms with E-state index in [2.05, 4.69) is 26.2 Å². The number of benzene rings is 4. The van der Waals surface area contributed by atoms with E-state index in [-0.39, 0.29) is 44.5 Å². The van der Waals surface area contributed by atoms with E-state index in [9.17, 15) is 39.6 Å². The van der Waals surface area contributed by atoms with Gasteiger partial charge in [0.05, 0.1) is 69.4 Å². The average molecular weight is 927 g/mol. The molecule has 0 spiro atoms. The minimum absolute atomic E-state index is 0.0345. The molecular weight excluding hydrogens is 874 g/mol. The van der Waals surface area contributed by atoms with E-state index in [0.29, 0.717) is 63.1 Å². The first-order chi connectivity index (χ1) is 30.5. The van der Waals surface area contributed by atoms with Gasteiger partial charge in [-0.15, -0.1) is 0 Å². The van der Waals surface area contributed by atoms with Gasteiger partial charge in [0.25, 0.3) is 0 Å². The quantitative estimate of drug-likeness (QED) is 0.108. The van der Waals surface area contributed by atoms with Gasteiger partial charge >= 0.3 is 18.2 Å². The lowest BCUT2D eigenvalue weighted by Gasteiger charge is -2.30. The van der Waals surface area contributed by atoms with Gasteiger partial charge in [-0.05, 0) is 123 Å². The lowest BCUT2D eigenvalue weighted by atomic mass is 10.2. The van der Waals surface area contributed by atoms with E-state index in [1.165, 1.54) is 24.3 Å². The monoisotopic (exact) mass is 926 g/mol. The summed E-state index contributed by atoms with van der Waals surface area (Å²) in [6, 6.07) is 20.2. The number of morpholine rings is 1. The second-order valence-corrected chi connectivity index (χ2v) is 20.5. The van der Waals surface area contributed by atoms with Crippen molar-refractivity contribution < 1.29 is 49.1 Å². The molecule has 344 valence electrons. The number of amides is 4. The van der Waals surface area contributed by atoms with Crippen LogP contribution in [0.5, 0.6) is 0 Å². The highest BCUT2D eigenvalue weighted by molar-refractivity contribution is 7.91. The molecule has 0 unspecified atom stereocenters. The molecule has 2 saturated heterocycles. The van der Waals surface area contributed by atoms with Crippen LogP contribution in [-0.2, 0) is 35.3 Å². The molecule has 2 aliphatic heterocycles. The van der Waals surface area contributed by atoms with E-state index in [4.69, 9.17) is 9.47 Å². The van der Waals surface area contributed by atoms with Crippen molar-refractivity contribution in [2.75, 3.05) is 95.2 Å². The Labute approximate surface area is 371 Å². The molecule has 2 aliphatic carbocycles. The second-order valence-electron chi connectivity index (χ2n) is 16.5. The molecule has 0 bridgehead atoms. The summed E-state index contributed by atoms with van der Waals surface area (Å²) in [5, 5.41) is 10.7. The summed E-state index contributed by atoms with van der Waals surface area (Å²) in [4.78, 5) is 29.8. The van der Waals surface area contributed by atoms with Crippen LogP contribution in [-0.4, -0.2) is 93.0 Å². The van der Waals surface area contributed by atoms with Crippen LogP contribution in [0.25, 0.3) is 0 Å². The molecule has 14 nitrogen and oxygen atoms in total. The third kappa shape index (κ3) is 13.1. The molecule has 4 amide bonds. The van der Waals surface area contributed by atoms with Crippen LogP contribution in [0.15, 0.2) is 94.7 Å². The first-order valence-corrected chi connectivity index (χ1v) is 24.6. The molecule has 2 saturated carbocycles. The summed E-state index contributed by atoms with van der Waals surface area (Å²) in [5.74, 6) is 0.640. The summed E-state index contributed by atoms with van der Waals surface area (Å²) in [6.45, 7) is 6.78. The number of ether oxygens (including phenoxy) is 2. The number of nitrogens with zero attached hydrogens (tertiary/aromatic N) is 2. The lowest BCUT2D eigenvalue weighted by Crippen LogP contribution is -2.37. The largest absolute Gasteiger partial charge is 0.416 e. The summed E-state index contributed by atoms with van der Waals surface area (Å²) in [5.41, 5.74) is 2.96. The molecule has 4 aliphatic rings. The van der Waals surface area contributed by atoms with E-state index in [1.807, 2.05) is 36.1 Å². The topological polar surface area (TPSA) is 175 Å². The van der Waals surface area contributed by atoms with Gasteiger partial charge in [-0.1, -0.05) is 18.2 Å². The maximum absolute atomic E-state index is 13.0. The van der Waals surface area contributed by atoms with Crippen molar-refractivity contribution in [3.8, 4) is 0 Å². The van der Waals surface area contributed by atoms with Crippen LogP contribution in [0.4, 0.5) is 56.9 Å². The third-order valence-corrected chi connectivity index (χ3v) is 14.9. The van der Waals surface area contributed by atoms with Crippen LogP contribution in [0.1, 0.15) is 43.2 Å². The first kappa shape index (κ1) is 46.6. The van der Waals surface area contributed by atoms with Gasteiger partial charge in [0, 0.05) is 44.2 Å². The number of urea groups is 2. The fourth-order valence-corrected chi connectivity index (χ4v) is 10.8. The van der Waals surface area contributed by atoms with Crippen LogP contribution < -0.4 is 31.1 Å². The van der Waals surface area contributed by atoms with Crippen molar-refractivity contribution in [1.82, 2.24) is 0 Å². The Kier molecular flexibility index (Phi) is 14.7. The van der Waals surface area contributed by atoms with Crippen molar-refractivity contribution in [2.45, 2.75) is 55.0 Å². The number of sulfone groups is 2. The Morgan fingerprint density at radius 2 is 1.08 bits per heavy atom. The van der Waals surface area contributed by atoms with Crippen LogP contribution in [0.3, 0.4) is 0 Å². The van der Waals surface area contributed by atoms with Gasteiger partial charge in [0.1, 0.15) is 0 Å². The zero-order valence-corrected chi connectivity index (χ0v) is 37.1. The molecule has 4 aromatic rings. The summed E-state index contributed by atoms with van der Waals surface area (Å²) in [7, 11) is -6.91. The number of carbonyl (C=O) groups is 2. The fraction of sp³-hybridized carbons (Fsp3) is 0.422. The molecule has 0 atom stereocenters. The van der Waals surface area contributed by atoms with E-state index >= 15 is 0 Å². The van der Waals surface area contributed by atoms with Gasteiger partial charge < -0.3 is 40.5 Å². The maximum atomic E-state index is 13.0.